The second-order valence-corrected chi connectivity index (χ2v) is 5.54. The maximum Gasteiger partial charge on any atom is 0.407 e. The lowest BCUT2D eigenvalue weighted by molar-refractivity contribution is 0.153. The summed E-state index contributed by atoms with van der Waals surface area (Å²) >= 11 is 0. The van der Waals surface area contributed by atoms with Gasteiger partial charge in [-0.05, 0) is 30.7 Å². The molecule has 0 unspecified atom stereocenters. The summed E-state index contributed by atoms with van der Waals surface area (Å²) in [4.78, 5) is 14.7. The molecule has 0 aliphatic carbocycles. The van der Waals surface area contributed by atoms with Crippen LogP contribution in [0.1, 0.15) is 5.56 Å². The molecule has 1 aromatic rings. The van der Waals surface area contributed by atoms with E-state index in [0.717, 1.165) is 24.3 Å². The fraction of sp³-hybridized carbons (Fsp3) is 0.500. The molecule has 5 heteroatoms. The molecular formula is C14H17FN2O2. The SMILES string of the molecule is Cc1cc(F)ccc1N1C[C@@H]2CN(C(=O)O)C[C@H]2C1. The molecule has 2 aliphatic rings. The number of amides is 1. The van der Waals surface area contributed by atoms with Crippen LogP contribution in [0.2, 0.25) is 0 Å². The number of benzene rings is 1. The number of nitrogens with zero attached hydrogens (tertiary/aromatic N) is 2. The Hall–Kier alpha value is -1.78. The Morgan fingerprint density at radius 3 is 2.42 bits per heavy atom. The normalized spacial score (nSPS) is 25.8. The molecule has 2 aliphatic heterocycles. The fourth-order valence-electron chi connectivity index (χ4n) is 3.32. The molecule has 0 bridgehead atoms. The second kappa shape index (κ2) is 4.40. The average molecular weight is 264 g/mol. The zero-order valence-electron chi connectivity index (χ0n) is 10.8. The van der Waals surface area contributed by atoms with Crippen LogP contribution >= 0.6 is 0 Å². The van der Waals surface area contributed by atoms with Crippen LogP contribution in [0, 0.1) is 24.6 Å². The minimum atomic E-state index is -0.820. The van der Waals surface area contributed by atoms with E-state index in [-0.39, 0.29) is 5.82 Å². The summed E-state index contributed by atoms with van der Waals surface area (Å²) < 4.78 is 13.1. The van der Waals surface area contributed by atoms with Crippen molar-refractivity contribution in [3.63, 3.8) is 0 Å². The van der Waals surface area contributed by atoms with Crippen molar-refractivity contribution in [2.45, 2.75) is 6.92 Å². The van der Waals surface area contributed by atoms with Crippen molar-refractivity contribution in [1.82, 2.24) is 4.90 Å². The van der Waals surface area contributed by atoms with Crippen molar-refractivity contribution < 1.29 is 14.3 Å². The van der Waals surface area contributed by atoms with Gasteiger partial charge in [-0.1, -0.05) is 0 Å². The van der Waals surface area contributed by atoms with E-state index >= 15 is 0 Å². The van der Waals surface area contributed by atoms with Gasteiger partial charge in [-0.3, -0.25) is 0 Å². The number of hydrogen-bond donors (Lipinski definition) is 1. The van der Waals surface area contributed by atoms with E-state index in [2.05, 4.69) is 4.90 Å². The van der Waals surface area contributed by atoms with E-state index in [1.54, 1.807) is 6.07 Å². The van der Waals surface area contributed by atoms with Crippen molar-refractivity contribution in [3.8, 4) is 0 Å². The lowest BCUT2D eigenvalue weighted by Gasteiger charge is -2.23. The molecule has 102 valence electrons. The molecule has 0 aromatic heterocycles. The van der Waals surface area contributed by atoms with Gasteiger partial charge in [0.15, 0.2) is 0 Å². The van der Waals surface area contributed by atoms with Gasteiger partial charge in [0.2, 0.25) is 0 Å². The van der Waals surface area contributed by atoms with Gasteiger partial charge < -0.3 is 14.9 Å². The van der Waals surface area contributed by atoms with Crippen LogP contribution in [-0.2, 0) is 0 Å². The summed E-state index contributed by atoms with van der Waals surface area (Å²) in [6.45, 7) is 4.88. The number of carboxylic acid groups (broad SMARTS) is 1. The maximum absolute atomic E-state index is 13.1. The van der Waals surface area contributed by atoms with Crippen molar-refractivity contribution in [2.75, 3.05) is 31.1 Å². The summed E-state index contributed by atoms with van der Waals surface area (Å²) in [7, 11) is 0. The fourth-order valence-corrected chi connectivity index (χ4v) is 3.32. The van der Waals surface area contributed by atoms with Gasteiger partial charge in [0.1, 0.15) is 5.82 Å². The minimum absolute atomic E-state index is 0.210. The molecular weight excluding hydrogens is 247 g/mol. The van der Waals surface area contributed by atoms with Crippen molar-refractivity contribution in [1.29, 1.82) is 0 Å². The summed E-state index contributed by atoms with van der Waals surface area (Å²) in [6.07, 6.45) is -0.820. The lowest BCUT2D eigenvalue weighted by atomic mass is 10.0. The zero-order valence-corrected chi connectivity index (χ0v) is 10.8. The quantitative estimate of drug-likeness (QED) is 0.845. The van der Waals surface area contributed by atoms with Crippen molar-refractivity contribution >= 4 is 11.8 Å². The van der Waals surface area contributed by atoms with Crippen LogP contribution in [0.25, 0.3) is 0 Å². The van der Waals surface area contributed by atoms with Gasteiger partial charge in [-0.25, -0.2) is 9.18 Å². The van der Waals surface area contributed by atoms with Gasteiger partial charge in [0.05, 0.1) is 0 Å². The highest BCUT2D eigenvalue weighted by Crippen LogP contribution is 2.35. The Balaban J connectivity index is 1.73. The third kappa shape index (κ3) is 2.13. The molecule has 0 spiro atoms. The number of hydrogen-bond acceptors (Lipinski definition) is 2. The largest absolute Gasteiger partial charge is 0.465 e. The topological polar surface area (TPSA) is 43.8 Å². The van der Waals surface area contributed by atoms with Gasteiger partial charge in [0.25, 0.3) is 0 Å². The highest BCUT2D eigenvalue weighted by molar-refractivity contribution is 5.65. The summed E-state index contributed by atoms with van der Waals surface area (Å²) in [5, 5.41) is 9.00. The maximum atomic E-state index is 13.1. The van der Waals surface area contributed by atoms with E-state index < -0.39 is 6.09 Å². The lowest BCUT2D eigenvalue weighted by Crippen LogP contribution is -2.32. The molecule has 2 atom stereocenters. The Bertz CT molecular complexity index is 506. The molecule has 19 heavy (non-hydrogen) atoms. The Labute approximate surface area is 111 Å². The summed E-state index contributed by atoms with van der Waals surface area (Å²) in [5.41, 5.74) is 2.01. The van der Waals surface area contributed by atoms with E-state index in [1.807, 2.05) is 13.0 Å². The number of likely N-dealkylation sites (tertiary alicyclic amines) is 1. The van der Waals surface area contributed by atoms with Crippen molar-refractivity contribution in [2.24, 2.45) is 11.8 Å². The Morgan fingerprint density at radius 2 is 1.89 bits per heavy atom. The highest BCUT2D eigenvalue weighted by Gasteiger charge is 2.41. The molecule has 1 N–H and O–H groups in total. The molecule has 2 saturated heterocycles. The highest BCUT2D eigenvalue weighted by atomic mass is 19.1. The van der Waals surface area contributed by atoms with Crippen LogP contribution < -0.4 is 4.90 Å². The van der Waals surface area contributed by atoms with Gasteiger partial charge in [-0.2, -0.15) is 0 Å². The molecule has 2 heterocycles. The van der Waals surface area contributed by atoms with Gasteiger partial charge in [-0.15, -0.1) is 0 Å². The predicted octanol–water partition coefficient (Wildman–Crippen LogP) is 2.18. The average Bonchev–Trinajstić information content (AvgIpc) is 2.86. The summed E-state index contributed by atoms with van der Waals surface area (Å²) in [6, 6.07) is 4.85. The third-order valence-electron chi connectivity index (χ3n) is 4.26. The standard InChI is InChI=1S/C14H17FN2O2/c1-9-4-12(15)2-3-13(9)16-5-10-7-17(14(18)19)8-11(10)6-16/h2-4,10-11H,5-8H2,1H3,(H,18,19)/t10-,11-/m1/s1. The molecule has 4 nitrogen and oxygen atoms in total. The number of aryl methyl sites for hydroxylation is 1. The van der Waals surface area contributed by atoms with Gasteiger partial charge >= 0.3 is 6.09 Å². The first-order chi connectivity index (χ1) is 9.04. The number of rotatable bonds is 1. The minimum Gasteiger partial charge on any atom is -0.465 e. The molecule has 0 radical (unpaired) electrons. The number of anilines is 1. The third-order valence-corrected chi connectivity index (χ3v) is 4.26. The van der Waals surface area contributed by atoms with E-state index in [0.29, 0.717) is 24.9 Å². The molecule has 0 saturated carbocycles. The molecule has 1 amide bonds. The zero-order chi connectivity index (χ0) is 13.6. The molecule has 2 fully saturated rings. The van der Waals surface area contributed by atoms with Crippen LogP contribution in [0.5, 0.6) is 0 Å². The number of carbonyl (C=O) groups is 1. The van der Waals surface area contributed by atoms with Crippen LogP contribution in [-0.4, -0.2) is 42.3 Å². The number of halogens is 1. The van der Waals surface area contributed by atoms with E-state index in [9.17, 15) is 9.18 Å². The number of fused-ring (bicyclic) bond motifs is 1. The van der Waals surface area contributed by atoms with E-state index in [1.165, 1.54) is 11.0 Å². The smallest absolute Gasteiger partial charge is 0.407 e. The van der Waals surface area contributed by atoms with Crippen LogP contribution in [0.15, 0.2) is 18.2 Å². The Morgan fingerprint density at radius 1 is 1.26 bits per heavy atom. The Kier molecular flexibility index (Phi) is 2.84. The first-order valence-corrected chi connectivity index (χ1v) is 6.53. The molecule has 1 aromatic carbocycles. The van der Waals surface area contributed by atoms with Crippen LogP contribution in [0.4, 0.5) is 14.9 Å². The van der Waals surface area contributed by atoms with Crippen LogP contribution in [0.3, 0.4) is 0 Å². The molecule has 3 rings (SSSR count). The first-order valence-electron chi connectivity index (χ1n) is 6.53. The predicted molar refractivity (Wildman–Crippen MR) is 69.9 cm³/mol. The van der Waals surface area contributed by atoms with E-state index in [4.69, 9.17) is 5.11 Å². The van der Waals surface area contributed by atoms with Crippen molar-refractivity contribution in [3.05, 3.63) is 29.6 Å². The van der Waals surface area contributed by atoms with Gasteiger partial charge in [0, 0.05) is 43.7 Å². The first kappa shape index (κ1) is 12.3. The monoisotopic (exact) mass is 264 g/mol. The second-order valence-electron chi connectivity index (χ2n) is 5.54. The summed E-state index contributed by atoms with van der Waals surface area (Å²) in [5.74, 6) is 0.596.